The second-order valence-corrected chi connectivity index (χ2v) is 4.56. The van der Waals surface area contributed by atoms with Crippen molar-refractivity contribution in [3.8, 4) is 0 Å². The molecule has 3 rings (SSSR count). The number of halogens is 1. The van der Waals surface area contributed by atoms with Crippen molar-refractivity contribution in [2.45, 2.75) is 6.92 Å². The zero-order valence-electron chi connectivity index (χ0n) is 11.2. The van der Waals surface area contributed by atoms with Crippen LogP contribution >= 0.6 is 0 Å². The van der Waals surface area contributed by atoms with Gasteiger partial charge in [0.15, 0.2) is 5.65 Å². The first-order chi connectivity index (χ1) is 10.1. The Morgan fingerprint density at radius 1 is 1.19 bits per heavy atom. The third kappa shape index (κ3) is 2.81. The zero-order valence-corrected chi connectivity index (χ0v) is 11.2. The summed E-state index contributed by atoms with van der Waals surface area (Å²) in [6, 6.07) is 7.51. The molecule has 0 aliphatic rings. The molecule has 2 N–H and O–H groups in total. The Kier molecular flexibility index (Phi) is 3.23. The van der Waals surface area contributed by atoms with Crippen LogP contribution in [-0.4, -0.2) is 20.6 Å². The summed E-state index contributed by atoms with van der Waals surface area (Å²) < 4.78 is 15.1. The maximum atomic E-state index is 13.4. The van der Waals surface area contributed by atoms with E-state index in [1.807, 2.05) is 0 Å². The van der Waals surface area contributed by atoms with Crippen molar-refractivity contribution in [2.24, 2.45) is 0 Å². The first-order valence-electron chi connectivity index (χ1n) is 6.25. The highest BCUT2D eigenvalue weighted by atomic mass is 19.1. The number of anilines is 2. The Morgan fingerprint density at radius 3 is 2.76 bits per heavy atom. The Bertz CT molecular complexity index is 814. The van der Waals surface area contributed by atoms with Gasteiger partial charge in [-0.3, -0.25) is 4.40 Å². The predicted molar refractivity (Wildman–Crippen MR) is 76.8 cm³/mol. The Morgan fingerprint density at radius 2 is 1.95 bits per heavy atom. The summed E-state index contributed by atoms with van der Waals surface area (Å²) in [6.07, 6.45) is 3.22. The van der Waals surface area contributed by atoms with Gasteiger partial charge in [-0.25, -0.2) is 9.18 Å². The summed E-state index contributed by atoms with van der Waals surface area (Å²) >= 11 is 0. The maximum absolute atomic E-state index is 13.4. The lowest BCUT2D eigenvalue weighted by Crippen LogP contribution is -2.19. The number of nitrogens with one attached hydrogen (secondary N) is 2. The van der Waals surface area contributed by atoms with Crippen molar-refractivity contribution in [3.05, 3.63) is 54.2 Å². The monoisotopic (exact) mass is 285 g/mol. The third-order valence-electron chi connectivity index (χ3n) is 2.98. The third-order valence-corrected chi connectivity index (χ3v) is 2.98. The number of carbonyl (C=O) groups excluding carboxylic acids is 1. The smallest absolute Gasteiger partial charge is 0.308 e. The Labute approximate surface area is 119 Å². The summed E-state index contributed by atoms with van der Waals surface area (Å²) in [5.41, 5.74) is 2.17. The summed E-state index contributed by atoms with van der Waals surface area (Å²) in [6.45, 7) is 1.66. The van der Waals surface area contributed by atoms with Gasteiger partial charge in [0.05, 0.1) is 5.69 Å². The van der Waals surface area contributed by atoms with Crippen molar-refractivity contribution in [3.63, 3.8) is 0 Å². The number of fused-ring (bicyclic) bond motifs is 1. The van der Waals surface area contributed by atoms with Crippen LogP contribution in [-0.2, 0) is 0 Å². The summed E-state index contributed by atoms with van der Waals surface area (Å²) in [7, 11) is 0. The number of amides is 2. The van der Waals surface area contributed by atoms with E-state index in [9.17, 15) is 9.18 Å². The molecule has 3 aromatic rings. The van der Waals surface area contributed by atoms with Crippen molar-refractivity contribution in [1.82, 2.24) is 14.6 Å². The van der Waals surface area contributed by atoms with E-state index in [0.29, 0.717) is 22.6 Å². The molecule has 0 bridgehead atoms. The van der Waals surface area contributed by atoms with E-state index in [-0.39, 0.29) is 5.82 Å². The molecule has 1 aromatic carbocycles. The summed E-state index contributed by atoms with van der Waals surface area (Å²) in [4.78, 5) is 11.9. The van der Waals surface area contributed by atoms with Crippen LogP contribution in [0.15, 0.2) is 42.9 Å². The molecule has 2 aromatic heterocycles. The fourth-order valence-corrected chi connectivity index (χ4v) is 1.87. The molecule has 2 amide bonds. The first kappa shape index (κ1) is 13.0. The molecule has 106 valence electrons. The molecule has 0 aliphatic carbocycles. The van der Waals surface area contributed by atoms with Gasteiger partial charge in [-0.1, -0.05) is 6.07 Å². The Balaban J connectivity index is 1.71. The van der Waals surface area contributed by atoms with Crippen LogP contribution in [0, 0.1) is 12.7 Å². The fourth-order valence-electron chi connectivity index (χ4n) is 1.87. The van der Waals surface area contributed by atoms with Crippen molar-refractivity contribution in [2.75, 3.05) is 10.6 Å². The van der Waals surface area contributed by atoms with Gasteiger partial charge in [-0.15, -0.1) is 10.2 Å². The van der Waals surface area contributed by atoms with Crippen LogP contribution in [0.4, 0.5) is 20.6 Å². The van der Waals surface area contributed by atoms with E-state index in [4.69, 9.17) is 0 Å². The lowest BCUT2D eigenvalue weighted by molar-refractivity contribution is 0.262. The van der Waals surface area contributed by atoms with Crippen molar-refractivity contribution >= 4 is 23.1 Å². The number of urea groups is 1. The molecule has 0 saturated carbocycles. The van der Waals surface area contributed by atoms with Crippen LogP contribution in [0.3, 0.4) is 0 Å². The summed E-state index contributed by atoms with van der Waals surface area (Å²) in [5.74, 6) is -0.362. The van der Waals surface area contributed by atoms with Gasteiger partial charge >= 0.3 is 6.03 Å². The van der Waals surface area contributed by atoms with Gasteiger partial charge in [0.1, 0.15) is 12.1 Å². The van der Waals surface area contributed by atoms with Crippen LogP contribution in [0.1, 0.15) is 5.56 Å². The van der Waals surface area contributed by atoms with Gasteiger partial charge < -0.3 is 10.6 Å². The number of rotatable bonds is 2. The van der Waals surface area contributed by atoms with E-state index >= 15 is 0 Å². The minimum Gasteiger partial charge on any atom is -0.308 e. The zero-order chi connectivity index (χ0) is 14.8. The molecule has 0 radical (unpaired) electrons. The highest BCUT2D eigenvalue weighted by Gasteiger charge is 2.05. The number of aromatic nitrogens is 3. The van der Waals surface area contributed by atoms with E-state index in [1.54, 1.807) is 41.8 Å². The molecular weight excluding hydrogens is 273 g/mol. The van der Waals surface area contributed by atoms with E-state index < -0.39 is 6.03 Å². The van der Waals surface area contributed by atoms with E-state index in [0.717, 1.165) is 0 Å². The minimum atomic E-state index is -0.453. The average Bonchev–Trinajstić information content (AvgIpc) is 2.90. The topological polar surface area (TPSA) is 71.3 Å². The number of nitrogens with zero attached hydrogens (tertiary/aromatic N) is 3. The van der Waals surface area contributed by atoms with Crippen molar-refractivity contribution in [1.29, 1.82) is 0 Å². The molecule has 2 heterocycles. The molecular formula is C14H12FN5O. The van der Waals surface area contributed by atoms with Gasteiger partial charge in [-0.2, -0.15) is 0 Å². The molecule has 7 heteroatoms. The fraction of sp³-hybridized carbons (Fsp3) is 0.0714. The van der Waals surface area contributed by atoms with E-state index in [1.165, 1.54) is 12.4 Å². The SMILES string of the molecule is Cc1ccc(NC(=O)Nc2ccc3nncn3c2)cc1F. The number of benzene rings is 1. The predicted octanol–water partition coefficient (Wildman–Crippen LogP) is 2.82. The van der Waals surface area contributed by atoms with E-state index in [2.05, 4.69) is 20.8 Å². The average molecular weight is 285 g/mol. The lowest BCUT2D eigenvalue weighted by Gasteiger charge is -2.08. The summed E-state index contributed by atoms with van der Waals surface area (Å²) in [5, 5.41) is 12.8. The molecule has 0 aliphatic heterocycles. The van der Waals surface area contributed by atoms with Crippen LogP contribution in [0.2, 0.25) is 0 Å². The van der Waals surface area contributed by atoms with Crippen molar-refractivity contribution < 1.29 is 9.18 Å². The highest BCUT2D eigenvalue weighted by molar-refractivity contribution is 5.99. The number of aryl methyl sites for hydroxylation is 1. The Hall–Kier alpha value is -2.96. The second kappa shape index (κ2) is 5.20. The number of pyridine rings is 1. The molecule has 21 heavy (non-hydrogen) atoms. The standard InChI is InChI=1S/C14H12FN5O/c1-9-2-3-10(6-12(9)15)17-14(21)18-11-4-5-13-19-16-8-20(13)7-11/h2-8H,1H3,(H2,17,18,21). The molecule has 0 atom stereocenters. The quantitative estimate of drug-likeness (QED) is 0.760. The molecule has 0 fully saturated rings. The van der Waals surface area contributed by atoms with Gasteiger partial charge in [-0.05, 0) is 36.8 Å². The second-order valence-electron chi connectivity index (χ2n) is 4.56. The molecule has 0 saturated heterocycles. The minimum absolute atomic E-state index is 0.362. The lowest BCUT2D eigenvalue weighted by atomic mass is 10.2. The van der Waals surface area contributed by atoms with Gasteiger partial charge in [0.25, 0.3) is 0 Å². The number of hydrogen-bond donors (Lipinski definition) is 2. The molecule has 0 spiro atoms. The first-order valence-corrected chi connectivity index (χ1v) is 6.25. The van der Waals surface area contributed by atoms with Crippen LogP contribution < -0.4 is 10.6 Å². The van der Waals surface area contributed by atoms with Gasteiger partial charge in [0, 0.05) is 11.9 Å². The largest absolute Gasteiger partial charge is 0.323 e. The molecule has 0 unspecified atom stereocenters. The molecule has 6 nitrogen and oxygen atoms in total. The maximum Gasteiger partial charge on any atom is 0.323 e. The van der Waals surface area contributed by atoms with Crippen LogP contribution in [0.5, 0.6) is 0 Å². The highest BCUT2D eigenvalue weighted by Crippen LogP contribution is 2.14. The normalized spacial score (nSPS) is 10.6. The number of carbonyl (C=O) groups is 1. The van der Waals surface area contributed by atoms with Gasteiger partial charge in [0.2, 0.25) is 0 Å². The number of hydrogen-bond acceptors (Lipinski definition) is 3. The van der Waals surface area contributed by atoms with Crippen LogP contribution in [0.25, 0.3) is 5.65 Å².